The molecule has 2 aromatic carbocycles. The molecule has 2 rings (SSSR count). The van der Waals surface area contributed by atoms with E-state index < -0.39 is 0 Å². The molecule has 1 atom stereocenters. The average molecular weight is 270 g/mol. The zero-order valence-corrected chi connectivity index (χ0v) is 12.0. The Morgan fingerprint density at radius 1 is 0.950 bits per heavy atom. The monoisotopic (exact) mass is 270 g/mol. The van der Waals surface area contributed by atoms with Gasteiger partial charge in [-0.15, -0.1) is 0 Å². The molecule has 0 aliphatic heterocycles. The second-order valence-electron chi connectivity index (χ2n) is 4.98. The quantitative estimate of drug-likeness (QED) is 0.832. The fraction of sp³-hybridized carbons (Fsp3) is 0.333. The summed E-state index contributed by atoms with van der Waals surface area (Å²) in [6.07, 6.45) is 2.02. The van der Waals surface area contributed by atoms with E-state index in [9.17, 15) is 5.11 Å². The third-order valence-electron chi connectivity index (χ3n) is 3.37. The van der Waals surface area contributed by atoms with Crippen LogP contribution in [0.2, 0.25) is 0 Å². The van der Waals surface area contributed by atoms with Crippen LogP contribution in [0.25, 0.3) is 0 Å². The van der Waals surface area contributed by atoms with Crippen LogP contribution in [-0.4, -0.2) is 17.8 Å². The summed E-state index contributed by atoms with van der Waals surface area (Å²) < 4.78 is 5.59. The lowest BCUT2D eigenvalue weighted by atomic mass is 10.0. The van der Waals surface area contributed by atoms with Crippen LogP contribution >= 0.6 is 0 Å². The Kier molecular flexibility index (Phi) is 5.63. The highest BCUT2D eigenvalue weighted by Gasteiger charge is 2.06. The Balaban J connectivity index is 1.73. The van der Waals surface area contributed by atoms with E-state index in [0.717, 1.165) is 12.2 Å². The van der Waals surface area contributed by atoms with Crippen molar-refractivity contribution >= 4 is 0 Å². The molecule has 2 heteroatoms. The lowest BCUT2D eigenvalue weighted by molar-refractivity contribution is 0.139. The SMILES string of the molecule is CCc1ccc(CC(O)CCOc2ccccc2)cc1. The lowest BCUT2D eigenvalue weighted by Crippen LogP contribution is -2.14. The highest BCUT2D eigenvalue weighted by Crippen LogP contribution is 2.11. The molecular formula is C18H22O2. The van der Waals surface area contributed by atoms with Crippen LogP contribution in [0, 0.1) is 0 Å². The van der Waals surface area contributed by atoms with E-state index in [1.807, 2.05) is 30.3 Å². The summed E-state index contributed by atoms with van der Waals surface area (Å²) in [7, 11) is 0. The van der Waals surface area contributed by atoms with Crippen LogP contribution in [0.4, 0.5) is 0 Å². The number of hydrogen-bond acceptors (Lipinski definition) is 2. The zero-order chi connectivity index (χ0) is 14.2. The van der Waals surface area contributed by atoms with Crippen LogP contribution in [-0.2, 0) is 12.8 Å². The maximum atomic E-state index is 10.0. The second-order valence-corrected chi connectivity index (χ2v) is 4.98. The van der Waals surface area contributed by atoms with Gasteiger partial charge in [-0.1, -0.05) is 49.4 Å². The number of aryl methyl sites for hydroxylation is 1. The van der Waals surface area contributed by atoms with E-state index in [0.29, 0.717) is 19.4 Å². The van der Waals surface area contributed by atoms with Crippen molar-refractivity contribution < 1.29 is 9.84 Å². The summed E-state index contributed by atoms with van der Waals surface area (Å²) in [6.45, 7) is 2.68. The standard InChI is InChI=1S/C18H22O2/c1-2-15-8-10-16(11-9-15)14-17(19)12-13-20-18-6-4-3-5-7-18/h3-11,17,19H,2,12-14H2,1H3. The molecule has 0 spiro atoms. The maximum Gasteiger partial charge on any atom is 0.119 e. The molecule has 0 aliphatic carbocycles. The molecule has 0 heterocycles. The van der Waals surface area contributed by atoms with E-state index in [1.165, 1.54) is 11.1 Å². The van der Waals surface area contributed by atoms with Crippen LogP contribution in [0.3, 0.4) is 0 Å². The van der Waals surface area contributed by atoms with Gasteiger partial charge in [-0.2, -0.15) is 0 Å². The van der Waals surface area contributed by atoms with E-state index in [2.05, 4.69) is 31.2 Å². The van der Waals surface area contributed by atoms with Gasteiger partial charge in [0.05, 0.1) is 12.7 Å². The number of aliphatic hydroxyl groups excluding tert-OH is 1. The maximum absolute atomic E-state index is 10.0. The minimum atomic E-state index is -0.355. The largest absolute Gasteiger partial charge is 0.493 e. The molecule has 1 N–H and O–H groups in total. The molecule has 2 nitrogen and oxygen atoms in total. The van der Waals surface area contributed by atoms with Crippen LogP contribution in [0.15, 0.2) is 54.6 Å². The zero-order valence-electron chi connectivity index (χ0n) is 12.0. The molecule has 2 aromatic rings. The van der Waals surface area contributed by atoms with Gasteiger partial charge < -0.3 is 9.84 Å². The van der Waals surface area contributed by atoms with Crippen molar-refractivity contribution in [2.24, 2.45) is 0 Å². The van der Waals surface area contributed by atoms with Gasteiger partial charge in [0.1, 0.15) is 5.75 Å². The molecule has 20 heavy (non-hydrogen) atoms. The van der Waals surface area contributed by atoms with E-state index in [4.69, 9.17) is 4.74 Å². The number of rotatable bonds is 7. The van der Waals surface area contributed by atoms with Crippen molar-refractivity contribution in [3.8, 4) is 5.75 Å². The molecule has 0 fully saturated rings. The smallest absolute Gasteiger partial charge is 0.119 e. The number of aliphatic hydroxyl groups is 1. The molecule has 0 radical (unpaired) electrons. The Morgan fingerprint density at radius 2 is 1.60 bits per heavy atom. The highest BCUT2D eigenvalue weighted by molar-refractivity contribution is 5.23. The predicted molar refractivity (Wildman–Crippen MR) is 82.1 cm³/mol. The summed E-state index contributed by atoms with van der Waals surface area (Å²) in [5, 5.41) is 10.0. The number of ether oxygens (including phenoxy) is 1. The van der Waals surface area contributed by atoms with Gasteiger partial charge in [0.15, 0.2) is 0 Å². The van der Waals surface area contributed by atoms with Crippen LogP contribution in [0.1, 0.15) is 24.5 Å². The average Bonchev–Trinajstić information content (AvgIpc) is 2.49. The summed E-state index contributed by atoms with van der Waals surface area (Å²) in [5.41, 5.74) is 2.50. The second kappa shape index (κ2) is 7.71. The fourth-order valence-corrected chi connectivity index (χ4v) is 2.11. The molecule has 0 saturated heterocycles. The van der Waals surface area contributed by atoms with Crippen LogP contribution in [0.5, 0.6) is 5.75 Å². The first-order valence-electron chi connectivity index (χ1n) is 7.21. The predicted octanol–water partition coefficient (Wildman–Crippen LogP) is 3.62. The summed E-state index contributed by atoms with van der Waals surface area (Å²) in [5.74, 6) is 0.854. The van der Waals surface area contributed by atoms with Gasteiger partial charge in [-0.3, -0.25) is 0 Å². The van der Waals surface area contributed by atoms with Crippen molar-refractivity contribution in [3.63, 3.8) is 0 Å². The van der Waals surface area contributed by atoms with Gasteiger partial charge in [0, 0.05) is 6.42 Å². The third kappa shape index (κ3) is 4.71. The number of para-hydroxylation sites is 1. The number of hydrogen-bond donors (Lipinski definition) is 1. The highest BCUT2D eigenvalue weighted by atomic mass is 16.5. The van der Waals surface area contributed by atoms with E-state index in [-0.39, 0.29) is 6.10 Å². The van der Waals surface area contributed by atoms with Gasteiger partial charge in [-0.05, 0) is 36.1 Å². The van der Waals surface area contributed by atoms with Gasteiger partial charge in [-0.25, -0.2) is 0 Å². The van der Waals surface area contributed by atoms with Crippen molar-refractivity contribution in [3.05, 3.63) is 65.7 Å². The van der Waals surface area contributed by atoms with E-state index >= 15 is 0 Å². The minimum Gasteiger partial charge on any atom is -0.493 e. The minimum absolute atomic E-state index is 0.355. The normalized spacial score (nSPS) is 12.1. The van der Waals surface area contributed by atoms with Crippen molar-refractivity contribution in [2.45, 2.75) is 32.3 Å². The molecule has 0 saturated carbocycles. The molecule has 106 valence electrons. The first kappa shape index (κ1) is 14.6. The van der Waals surface area contributed by atoms with Gasteiger partial charge in [0.25, 0.3) is 0 Å². The van der Waals surface area contributed by atoms with Gasteiger partial charge >= 0.3 is 0 Å². The molecule has 0 amide bonds. The molecular weight excluding hydrogens is 248 g/mol. The Hall–Kier alpha value is -1.80. The first-order chi connectivity index (χ1) is 9.78. The molecule has 0 aliphatic rings. The lowest BCUT2D eigenvalue weighted by Gasteiger charge is -2.12. The van der Waals surface area contributed by atoms with E-state index in [1.54, 1.807) is 0 Å². The summed E-state index contributed by atoms with van der Waals surface area (Å²) in [6, 6.07) is 18.2. The topological polar surface area (TPSA) is 29.5 Å². The van der Waals surface area contributed by atoms with Crippen LogP contribution < -0.4 is 4.74 Å². The summed E-state index contributed by atoms with van der Waals surface area (Å²) in [4.78, 5) is 0. The van der Waals surface area contributed by atoms with Crippen molar-refractivity contribution in [1.29, 1.82) is 0 Å². The Labute approximate surface area is 121 Å². The first-order valence-corrected chi connectivity index (χ1v) is 7.21. The Bertz CT molecular complexity index is 491. The fourth-order valence-electron chi connectivity index (χ4n) is 2.11. The number of benzene rings is 2. The van der Waals surface area contributed by atoms with Gasteiger partial charge in [0.2, 0.25) is 0 Å². The van der Waals surface area contributed by atoms with Crippen molar-refractivity contribution in [1.82, 2.24) is 0 Å². The summed E-state index contributed by atoms with van der Waals surface area (Å²) >= 11 is 0. The third-order valence-corrected chi connectivity index (χ3v) is 3.37. The molecule has 0 aromatic heterocycles. The molecule has 1 unspecified atom stereocenters. The molecule has 0 bridgehead atoms. The van der Waals surface area contributed by atoms with Crippen molar-refractivity contribution in [2.75, 3.05) is 6.61 Å². The Morgan fingerprint density at radius 3 is 2.25 bits per heavy atom.